The van der Waals surface area contributed by atoms with E-state index >= 15 is 0 Å². The normalized spacial score (nSPS) is 22.9. The van der Waals surface area contributed by atoms with Crippen molar-refractivity contribution in [2.75, 3.05) is 0 Å². The van der Waals surface area contributed by atoms with Gasteiger partial charge in [0.25, 0.3) is 5.92 Å². The van der Waals surface area contributed by atoms with Gasteiger partial charge in [-0.3, -0.25) is 0 Å². The molecule has 1 aliphatic carbocycles. The molecule has 1 unspecified atom stereocenters. The van der Waals surface area contributed by atoms with Gasteiger partial charge >= 0.3 is 0 Å². The van der Waals surface area contributed by atoms with E-state index in [1.807, 2.05) is 42.5 Å². The average molecular weight is 204 g/mol. The van der Waals surface area contributed by atoms with Crippen LogP contribution in [0, 0.1) is 0 Å². The summed E-state index contributed by atoms with van der Waals surface area (Å²) in [7, 11) is 0. The molecule has 0 saturated heterocycles. The van der Waals surface area contributed by atoms with Crippen LogP contribution in [-0.4, -0.2) is 5.92 Å². The lowest BCUT2D eigenvalue weighted by Crippen LogP contribution is -1.92. The second-order valence-electron chi connectivity index (χ2n) is 4.12. The molecule has 0 spiro atoms. The number of alkyl halides is 2. The van der Waals surface area contributed by atoms with E-state index in [1.165, 1.54) is 0 Å². The third kappa shape index (κ3) is 1.41. The lowest BCUT2D eigenvalue weighted by molar-refractivity contribution is 0.112. The minimum Gasteiger partial charge on any atom is -0.206 e. The van der Waals surface area contributed by atoms with Crippen LogP contribution in [0.2, 0.25) is 0 Å². The predicted molar refractivity (Wildman–Crippen MR) is 56.3 cm³/mol. The van der Waals surface area contributed by atoms with E-state index in [0.717, 1.165) is 16.3 Å². The molecule has 3 rings (SSSR count). The molecule has 0 aliphatic heterocycles. The Kier molecular flexibility index (Phi) is 1.64. The molecule has 1 aliphatic rings. The molecule has 1 atom stereocenters. The van der Waals surface area contributed by atoms with Gasteiger partial charge in [0.2, 0.25) is 0 Å². The number of halogens is 2. The molecule has 0 amide bonds. The molecule has 15 heavy (non-hydrogen) atoms. The molecular formula is C13H10F2. The summed E-state index contributed by atoms with van der Waals surface area (Å²) in [5, 5.41) is 2.14. The zero-order chi connectivity index (χ0) is 10.5. The smallest absolute Gasteiger partial charge is 0.206 e. The van der Waals surface area contributed by atoms with Crippen molar-refractivity contribution in [1.29, 1.82) is 0 Å². The Bertz CT molecular complexity index is 517. The lowest BCUT2D eigenvalue weighted by Gasteiger charge is -2.02. The molecule has 0 heterocycles. The third-order valence-corrected chi connectivity index (χ3v) is 3.00. The van der Waals surface area contributed by atoms with Crippen LogP contribution in [-0.2, 0) is 0 Å². The van der Waals surface area contributed by atoms with E-state index in [1.54, 1.807) is 0 Å². The van der Waals surface area contributed by atoms with E-state index in [0.29, 0.717) is 0 Å². The van der Waals surface area contributed by atoms with E-state index in [9.17, 15) is 8.78 Å². The summed E-state index contributed by atoms with van der Waals surface area (Å²) in [4.78, 5) is 0. The van der Waals surface area contributed by atoms with Crippen LogP contribution in [0.15, 0.2) is 42.5 Å². The SMILES string of the molecule is FC1(F)CC1c1ccc2ccccc2c1. The van der Waals surface area contributed by atoms with Gasteiger partial charge in [-0.25, -0.2) is 8.78 Å². The Morgan fingerprint density at radius 2 is 1.67 bits per heavy atom. The Hall–Kier alpha value is -1.44. The zero-order valence-corrected chi connectivity index (χ0v) is 8.08. The Labute approximate surface area is 86.5 Å². The highest BCUT2D eigenvalue weighted by Gasteiger charge is 2.57. The summed E-state index contributed by atoms with van der Waals surface area (Å²) >= 11 is 0. The van der Waals surface area contributed by atoms with E-state index < -0.39 is 11.8 Å². The van der Waals surface area contributed by atoms with Gasteiger partial charge in [-0.05, 0) is 16.3 Å². The third-order valence-electron chi connectivity index (χ3n) is 3.00. The molecule has 2 aromatic carbocycles. The largest absolute Gasteiger partial charge is 0.255 e. The first-order valence-corrected chi connectivity index (χ1v) is 5.03. The van der Waals surface area contributed by atoms with Crippen molar-refractivity contribution in [3.63, 3.8) is 0 Å². The van der Waals surface area contributed by atoms with Crippen LogP contribution in [0.25, 0.3) is 10.8 Å². The second-order valence-corrected chi connectivity index (χ2v) is 4.12. The summed E-state index contributed by atoms with van der Waals surface area (Å²) in [6, 6.07) is 13.4. The van der Waals surface area contributed by atoms with E-state index in [2.05, 4.69) is 0 Å². The fourth-order valence-electron chi connectivity index (χ4n) is 2.00. The molecular weight excluding hydrogens is 194 g/mol. The average Bonchev–Trinajstić information content (AvgIpc) is 2.87. The molecule has 0 radical (unpaired) electrons. The minimum absolute atomic E-state index is 0.00530. The standard InChI is InChI=1S/C13H10F2/c14-13(15)8-12(13)11-6-5-9-3-1-2-4-10(9)7-11/h1-7,12H,8H2. The van der Waals surface area contributed by atoms with Crippen LogP contribution in [0.4, 0.5) is 8.78 Å². The number of hydrogen-bond acceptors (Lipinski definition) is 0. The fraction of sp³-hybridized carbons (Fsp3) is 0.231. The van der Waals surface area contributed by atoms with Crippen LogP contribution in [0.3, 0.4) is 0 Å². The van der Waals surface area contributed by atoms with E-state index in [4.69, 9.17) is 0 Å². The van der Waals surface area contributed by atoms with Gasteiger partial charge in [0.15, 0.2) is 0 Å². The minimum atomic E-state index is -2.47. The van der Waals surface area contributed by atoms with Gasteiger partial charge in [0, 0.05) is 6.42 Å². The first-order chi connectivity index (χ1) is 7.17. The summed E-state index contributed by atoms with van der Waals surface area (Å²) in [6.07, 6.45) is 0.00530. The maximum absolute atomic E-state index is 12.9. The summed E-state index contributed by atoms with van der Waals surface area (Å²) in [6.45, 7) is 0. The van der Waals surface area contributed by atoms with Crippen molar-refractivity contribution in [3.8, 4) is 0 Å². The number of benzene rings is 2. The lowest BCUT2D eigenvalue weighted by atomic mass is 10.0. The van der Waals surface area contributed by atoms with Crippen molar-refractivity contribution in [1.82, 2.24) is 0 Å². The molecule has 1 saturated carbocycles. The first-order valence-electron chi connectivity index (χ1n) is 5.03. The quantitative estimate of drug-likeness (QED) is 0.659. The molecule has 1 fully saturated rings. The Morgan fingerprint density at radius 3 is 2.33 bits per heavy atom. The van der Waals surface area contributed by atoms with Crippen molar-refractivity contribution in [3.05, 3.63) is 48.0 Å². The maximum Gasteiger partial charge on any atom is 0.255 e. The fourth-order valence-corrected chi connectivity index (χ4v) is 2.00. The van der Waals surface area contributed by atoms with E-state index in [-0.39, 0.29) is 6.42 Å². The van der Waals surface area contributed by atoms with Crippen LogP contribution < -0.4 is 0 Å². The van der Waals surface area contributed by atoms with Gasteiger partial charge in [0.05, 0.1) is 5.92 Å². The molecule has 2 aromatic rings. The van der Waals surface area contributed by atoms with Gasteiger partial charge in [0.1, 0.15) is 0 Å². The maximum atomic E-state index is 12.9. The van der Waals surface area contributed by atoms with Crippen LogP contribution in [0.1, 0.15) is 17.9 Å². The Balaban J connectivity index is 2.08. The zero-order valence-electron chi connectivity index (χ0n) is 8.08. The van der Waals surface area contributed by atoms with Crippen molar-refractivity contribution in [2.24, 2.45) is 0 Å². The second kappa shape index (κ2) is 2.78. The molecule has 2 heteroatoms. The number of rotatable bonds is 1. The molecule has 0 nitrogen and oxygen atoms in total. The number of hydrogen-bond donors (Lipinski definition) is 0. The van der Waals surface area contributed by atoms with Gasteiger partial charge in [-0.2, -0.15) is 0 Å². The Morgan fingerprint density at radius 1 is 1.00 bits per heavy atom. The topological polar surface area (TPSA) is 0 Å². The van der Waals surface area contributed by atoms with Gasteiger partial charge in [-0.15, -0.1) is 0 Å². The number of fused-ring (bicyclic) bond motifs is 1. The summed E-state index contributed by atoms with van der Waals surface area (Å²) in [5.74, 6) is -3.02. The highest BCUT2D eigenvalue weighted by Crippen LogP contribution is 2.55. The summed E-state index contributed by atoms with van der Waals surface area (Å²) in [5.41, 5.74) is 0.763. The molecule has 0 aromatic heterocycles. The highest BCUT2D eigenvalue weighted by atomic mass is 19.3. The van der Waals surface area contributed by atoms with Crippen molar-refractivity contribution < 1.29 is 8.78 Å². The van der Waals surface area contributed by atoms with Crippen molar-refractivity contribution >= 4 is 10.8 Å². The van der Waals surface area contributed by atoms with Gasteiger partial charge < -0.3 is 0 Å². The summed E-state index contributed by atoms with van der Waals surface area (Å²) < 4.78 is 25.8. The molecule has 0 N–H and O–H groups in total. The van der Waals surface area contributed by atoms with Gasteiger partial charge in [-0.1, -0.05) is 42.5 Å². The van der Waals surface area contributed by atoms with Crippen LogP contribution >= 0.6 is 0 Å². The van der Waals surface area contributed by atoms with Crippen molar-refractivity contribution in [2.45, 2.75) is 18.3 Å². The van der Waals surface area contributed by atoms with Crippen LogP contribution in [0.5, 0.6) is 0 Å². The monoisotopic (exact) mass is 204 g/mol. The molecule has 76 valence electrons. The first kappa shape index (κ1) is 8.84. The molecule has 0 bridgehead atoms. The predicted octanol–water partition coefficient (Wildman–Crippen LogP) is 3.96. The highest BCUT2D eigenvalue weighted by molar-refractivity contribution is 5.83.